The second-order valence-corrected chi connectivity index (χ2v) is 7.47. The van der Waals surface area contributed by atoms with Gasteiger partial charge in [0.05, 0.1) is 12.1 Å². The molecule has 0 saturated carbocycles. The number of benzene rings is 1. The van der Waals surface area contributed by atoms with E-state index in [1.165, 1.54) is 6.42 Å². The molecule has 0 unspecified atom stereocenters. The molecule has 5 nitrogen and oxygen atoms in total. The zero-order valence-corrected chi connectivity index (χ0v) is 15.2. The number of carbonyl (C=O) groups excluding carboxylic acids is 1. The van der Waals surface area contributed by atoms with Crippen molar-refractivity contribution in [1.29, 1.82) is 0 Å². The molecule has 0 radical (unpaired) electrons. The zero-order chi connectivity index (χ0) is 17.9. The Bertz CT molecular complexity index is 778. The molecule has 2 aromatic rings. The van der Waals surface area contributed by atoms with E-state index in [4.69, 9.17) is 4.98 Å². The number of rotatable bonds is 3. The summed E-state index contributed by atoms with van der Waals surface area (Å²) in [6, 6.07) is 10.0. The molecule has 138 valence electrons. The minimum absolute atomic E-state index is 0.0141. The highest BCUT2D eigenvalue weighted by molar-refractivity contribution is 5.82. The summed E-state index contributed by atoms with van der Waals surface area (Å²) >= 11 is 0. The van der Waals surface area contributed by atoms with Crippen LogP contribution < -0.4 is 4.90 Å². The van der Waals surface area contributed by atoms with Crippen LogP contribution in [-0.2, 0) is 11.4 Å². The third-order valence-corrected chi connectivity index (χ3v) is 5.76. The van der Waals surface area contributed by atoms with E-state index in [0.717, 1.165) is 74.1 Å². The van der Waals surface area contributed by atoms with Gasteiger partial charge in [0.1, 0.15) is 5.82 Å². The second-order valence-electron chi connectivity index (χ2n) is 7.47. The van der Waals surface area contributed by atoms with Crippen molar-refractivity contribution in [2.45, 2.75) is 38.7 Å². The van der Waals surface area contributed by atoms with Crippen molar-refractivity contribution in [3.8, 4) is 0 Å². The molecule has 1 aromatic heterocycles. The molecule has 4 rings (SSSR count). The normalized spacial score (nSPS) is 19.1. The molecule has 1 amide bonds. The van der Waals surface area contributed by atoms with Gasteiger partial charge in [0.2, 0.25) is 5.91 Å². The fourth-order valence-corrected chi connectivity index (χ4v) is 4.25. The third-order valence-electron chi connectivity index (χ3n) is 5.76. The number of amides is 1. The molecule has 0 bridgehead atoms. The topological polar surface area (TPSA) is 56.7 Å². The van der Waals surface area contributed by atoms with Crippen LogP contribution in [0.3, 0.4) is 0 Å². The minimum atomic E-state index is -0.0141. The SMILES string of the molecule is O=C(C1CCN(c2nc3ccccc3cc2CO)CC1)N1CCCCC1. The number of hydrogen-bond donors (Lipinski definition) is 1. The Morgan fingerprint density at radius 3 is 2.54 bits per heavy atom. The molecule has 0 aliphatic carbocycles. The van der Waals surface area contributed by atoms with Crippen molar-refractivity contribution in [3.63, 3.8) is 0 Å². The first-order chi connectivity index (χ1) is 12.8. The van der Waals surface area contributed by atoms with E-state index in [2.05, 4.69) is 9.80 Å². The van der Waals surface area contributed by atoms with Gasteiger partial charge in [-0.15, -0.1) is 0 Å². The van der Waals surface area contributed by atoms with Gasteiger partial charge in [-0.1, -0.05) is 18.2 Å². The second kappa shape index (κ2) is 7.62. The fourth-order valence-electron chi connectivity index (χ4n) is 4.25. The van der Waals surface area contributed by atoms with Crippen molar-refractivity contribution in [3.05, 3.63) is 35.9 Å². The maximum atomic E-state index is 12.7. The maximum Gasteiger partial charge on any atom is 0.225 e. The van der Waals surface area contributed by atoms with Gasteiger partial charge >= 0.3 is 0 Å². The van der Waals surface area contributed by atoms with Gasteiger partial charge in [0, 0.05) is 43.0 Å². The molecule has 5 heteroatoms. The molecular formula is C21H27N3O2. The number of aliphatic hydroxyl groups is 1. The summed E-state index contributed by atoms with van der Waals surface area (Å²) in [5.74, 6) is 1.36. The van der Waals surface area contributed by atoms with Crippen molar-refractivity contribution < 1.29 is 9.90 Å². The van der Waals surface area contributed by atoms with Crippen molar-refractivity contribution in [2.75, 3.05) is 31.1 Å². The Balaban J connectivity index is 1.47. The lowest BCUT2D eigenvalue weighted by molar-refractivity contribution is -0.137. The van der Waals surface area contributed by atoms with Crippen LogP contribution in [0.15, 0.2) is 30.3 Å². The highest BCUT2D eigenvalue weighted by atomic mass is 16.3. The number of aromatic nitrogens is 1. The number of hydrogen-bond acceptors (Lipinski definition) is 4. The number of anilines is 1. The quantitative estimate of drug-likeness (QED) is 0.922. The van der Waals surface area contributed by atoms with Crippen LogP contribution in [0.5, 0.6) is 0 Å². The Morgan fingerprint density at radius 2 is 1.81 bits per heavy atom. The van der Waals surface area contributed by atoms with Crippen LogP contribution in [0.4, 0.5) is 5.82 Å². The monoisotopic (exact) mass is 353 g/mol. The zero-order valence-electron chi connectivity index (χ0n) is 15.2. The lowest BCUT2D eigenvalue weighted by Gasteiger charge is -2.36. The molecule has 2 saturated heterocycles. The highest BCUT2D eigenvalue weighted by Crippen LogP contribution is 2.29. The molecule has 1 N–H and O–H groups in total. The Hall–Kier alpha value is -2.14. The summed E-state index contributed by atoms with van der Waals surface area (Å²) in [5, 5.41) is 10.8. The van der Waals surface area contributed by atoms with Gasteiger partial charge in [-0.2, -0.15) is 0 Å². The molecule has 1 aromatic carbocycles. The number of piperidine rings is 2. The van der Waals surface area contributed by atoms with Gasteiger partial charge in [0.15, 0.2) is 0 Å². The van der Waals surface area contributed by atoms with E-state index >= 15 is 0 Å². The summed E-state index contributed by atoms with van der Waals surface area (Å²) in [4.78, 5) is 21.8. The molecule has 0 atom stereocenters. The Morgan fingerprint density at radius 1 is 1.08 bits per heavy atom. The van der Waals surface area contributed by atoms with Gasteiger partial charge in [-0.05, 0) is 44.2 Å². The largest absolute Gasteiger partial charge is 0.392 e. The first kappa shape index (κ1) is 17.3. The molecule has 2 aliphatic rings. The number of pyridine rings is 1. The molecule has 3 heterocycles. The first-order valence-electron chi connectivity index (χ1n) is 9.79. The van der Waals surface area contributed by atoms with E-state index in [1.807, 2.05) is 30.3 Å². The van der Waals surface area contributed by atoms with Gasteiger partial charge in [-0.3, -0.25) is 4.79 Å². The first-order valence-corrected chi connectivity index (χ1v) is 9.79. The summed E-state index contributed by atoms with van der Waals surface area (Å²) in [7, 11) is 0. The lowest BCUT2D eigenvalue weighted by atomic mass is 9.94. The summed E-state index contributed by atoms with van der Waals surface area (Å²) in [5.41, 5.74) is 1.82. The average molecular weight is 353 g/mol. The predicted octanol–water partition coefficient (Wildman–Crippen LogP) is 2.96. The Labute approximate surface area is 154 Å². The number of aliphatic hydroxyl groups excluding tert-OH is 1. The van der Waals surface area contributed by atoms with Gasteiger partial charge in [0.25, 0.3) is 0 Å². The van der Waals surface area contributed by atoms with Crippen molar-refractivity contribution in [2.24, 2.45) is 5.92 Å². The van der Waals surface area contributed by atoms with E-state index < -0.39 is 0 Å². The molecular weight excluding hydrogens is 326 g/mol. The summed E-state index contributed by atoms with van der Waals surface area (Å²) in [6.07, 6.45) is 5.28. The summed E-state index contributed by atoms with van der Waals surface area (Å²) < 4.78 is 0. The average Bonchev–Trinajstić information content (AvgIpc) is 2.73. The van der Waals surface area contributed by atoms with Crippen LogP contribution in [0.2, 0.25) is 0 Å². The molecule has 26 heavy (non-hydrogen) atoms. The summed E-state index contributed by atoms with van der Waals surface area (Å²) in [6.45, 7) is 3.49. The number of likely N-dealkylation sites (tertiary alicyclic amines) is 1. The number of nitrogens with zero attached hydrogens (tertiary/aromatic N) is 3. The van der Waals surface area contributed by atoms with E-state index in [1.54, 1.807) is 0 Å². The van der Waals surface area contributed by atoms with Gasteiger partial charge in [-0.25, -0.2) is 4.98 Å². The molecule has 0 spiro atoms. The van der Waals surface area contributed by atoms with E-state index in [0.29, 0.717) is 5.91 Å². The van der Waals surface area contributed by atoms with Crippen LogP contribution in [-0.4, -0.2) is 47.1 Å². The van der Waals surface area contributed by atoms with Crippen LogP contribution in [0, 0.1) is 5.92 Å². The van der Waals surface area contributed by atoms with E-state index in [9.17, 15) is 9.90 Å². The predicted molar refractivity (Wildman–Crippen MR) is 103 cm³/mol. The van der Waals surface area contributed by atoms with Crippen LogP contribution in [0.25, 0.3) is 10.9 Å². The fraction of sp³-hybridized carbons (Fsp3) is 0.524. The highest BCUT2D eigenvalue weighted by Gasteiger charge is 2.30. The standard InChI is InChI=1S/C21H27N3O2/c25-15-18-14-17-6-2-3-7-19(17)22-20(18)23-12-8-16(9-13-23)21(26)24-10-4-1-5-11-24/h2-3,6-7,14,16,25H,1,4-5,8-13,15H2. The number of fused-ring (bicyclic) bond motifs is 1. The van der Waals surface area contributed by atoms with Crippen molar-refractivity contribution >= 4 is 22.6 Å². The number of para-hydroxylation sites is 1. The van der Waals surface area contributed by atoms with Crippen LogP contribution in [0.1, 0.15) is 37.7 Å². The molecule has 2 aliphatic heterocycles. The lowest BCUT2D eigenvalue weighted by Crippen LogP contribution is -2.44. The molecule has 2 fully saturated rings. The third kappa shape index (κ3) is 3.40. The van der Waals surface area contributed by atoms with Crippen LogP contribution >= 0.6 is 0 Å². The Kier molecular flexibility index (Phi) is 5.07. The van der Waals surface area contributed by atoms with Gasteiger partial charge < -0.3 is 14.9 Å². The van der Waals surface area contributed by atoms with Crippen molar-refractivity contribution in [1.82, 2.24) is 9.88 Å². The smallest absolute Gasteiger partial charge is 0.225 e. The van der Waals surface area contributed by atoms with E-state index in [-0.39, 0.29) is 12.5 Å². The maximum absolute atomic E-state index is 12.7. The number of carbonyl (C=O) groups is 1. The minimum Gasteiger partial charge on any atom is -0.392 e.